The third-order valence-electron chi connectivity index (χ3n) is 3.65. The van der Waals surface area contributed by atoms with E-state index in [2.05, 4.69) is 0 Å². The van der Waals surface area contributed by atoms with E-state index in [-0.39, 0.29) is 6.03 Å². The Balaban J connectivity index is 2.15. The van der Waals surface area contributed by atoms with Crippen LogP contribution in [0.2, 0.25) is 0 Å². The number of benzene rings is 2. The van der Waals surface area contributed by atoms with Crippen molar-refractivity contribution in [3.05, 3.63) is 65.2 Å². The van der Waals surface area contributed by atoms with Gasteiger partial charge in [0.15, 0.2) is 0 Å². The number of aryl methyl sites for hydroxylation is 2. The lowest BCUT2D eigenvalue weighted by Gasteiger charge is -2.27. The van der Waals surface area contributed by atoms with Gasteiger partial charge in [-0.05, 0) is 30.5 Å². The summed E-state index contributed by atoms with van der Waals surface area (Å²) in [5.74, 6) is 0. The van der Waals surface area contributed by atoms with E-state index in [9.17, 15) is 4.79 Å². The first-order valence-electron chi connectivity index (χ1n) is 7.09. The molecular weight excluding hydrogens is 260 g/mol. The molecule has 0 heterocycles. The summed E-state index contributed by atoms with van der Waals surface area (Å²) in [6, 6.07) is 16.1. The molecule has 2 aromatic carbocycles. The molecular formula is C18H22N2O. The normalized spacial score (nSPS) is 10.3. The predicted molar refractivity (Wildman–Crippen MR) is 87.6 cm³/mol. The summed E-state index contributed by atoms with van der Waals surface area (Å²) >= 11 is 0. The maximum absolute atomic E-state index is 12.6. The number of anilines is 1. The molecule has 0 fully saturated rings. The Morgan fingerprint density at radius 1 is 0.905 bits per heavy atom. The van der Waals surface area contributed by atoms with Crippen molar-refractivity contribution in [3.63, 3.8) is 0 Å². The fraction of sp³-hybridized carbons (Fsp3) is 0.278. The van der Waals surface area contributed by atoms with Crippen LogP contribution in [0, 0.1) is 13.8 Å². The second kappa shape index (κ2) is 6.44. The van der Waals surface area contributed by atoms with Gasteiger partial charge in [-0.3, -0.25) is 4.90 Å². The number of urea groups is 1. The Kier molecular flexibility index (Phi) is 4.63. The lowest BCUT2D eigenvalue weighted by molar-refractivity contribution is 0.215. The summed E-state index contributed by atoms with van der Waals surface area (Å²) in [6.07, 6.45) is 0. The molecule has 0 radical (unpaired) electrons. The van der Waals surface area contributed by atoms with E-state index >= 15 is 0 Å². The molecule has 0 aromatic heterocycles. The molecule has 0 aliphatic heterocycles. The first kappa shape index (κ1) is 15.1. The first-order valence-corrected chi connectivity index (χ1v) is 7.09. The van der Waals surface area contributed by atoms with Crippen molar-refractivity contribution in [2.24, 2.45) is 0 Å². The first-order chi connectivity index (χ1) is 10.0. The van der Waals surface area contributed by atoms with Gasteiger partial charge in [-0.15, -0.1) is 0 Å². The van der Waals surface area contributed by atoms with Crippen molar-refractivity contribution in [2.75, 3.05) is 19.0 Å². The molecule has 0 bridgehead atoms. The van der Waals surface area contributed by atoms with Crippen LogP contribution in [-0.2, 0) is 6.54 Å². The van der Waals surface area contributed by atoms with Gasteiger partial charge in [0, 0.05) is 20.6 Å². The fourth-order valence-electron chi connectivity index (χ4n) is 2.61. The van der Waals surface area contributed by atoms with Crippen molar-refractivity contribution in [2.45, 2.75) is 20.4 Å². The van der Waals surface area contributed by atoms with Crippen LogP contribution in [0.5, 0.6) is 0 Å². The Hall–Kier alpha value is -2.29. The number of rotatable bonds is 3. The summed E-state index contributed by atoms with van der Waals surface area (Å²) in [5.41, 5.74) is 4.34. The Labute approximate surface area is 126 Å². The Morgan fingerprint density at radius 3 is 2.05 bits per heavy atom. The van der Waals surface area contributed by atoms with Crippen LogP contribution in [0.1, 0.15) is 16.7 Å². The van der Waals surface area contributed by atoms with Gasteiger partial charge in [-0.2, -0.15) is 0 Å². The maximum atomic E-state index is 12.6. The van der Waals surface area contributed by atoms with Crippen molar-refractivity contribution in [3.8, 4) is 0 Å². The number of hydrogen-bond acceptors (Lipinski definition) is 1. The third kappa shape index (κ3) is 3.43. The van der Waals surface area contributed by atoms with Gasteiger partial charge < -0.3 is 4.90 Å². The quantitative estimate of drug-likeness (QED) is 0.835. The van der Waals surface area contributed by atoms with Gasteiger partial charge in [0.25, 0.3) is 0 Å². The van der Waals surface area contributed by atoms with Crippen LogP contribution in [0.3, 0.4) is 0 Å². The largest absolute Gasteiger partial charge is 0.324 e. The maximum Gasteiger partial charge on any atom is 0.324 e. The fourth-order valence-corrected chi connectivity index (χ4v) is 2.61. The second-order valence-electron chi connectivity index (χ2n) is 5.42. The van der Waals surface area contributed by atoms with Gasteiger partial charge in [0.05, 0.1) is 5.69 Å². The molecule has 0 N–H and O–H groups in total. The van der Waals surface area contributed by atoms with E-state index in [4.69, 9.17) is 0 Å². The van der Waals surface area contributed by atoms with E-state index in [1.807, 2.05) is 76.5 Å². The van der Waals surface area contributed by atoms with E-state index in [0.717, 1.165) is 22.4 Å². The zero-order valence-electron chi connectivity index (χ0n) is 13.1. The molecule has 2 rings (SSSR count). The van der Waals surface area contributed by atoms with E-state index in [1.165, 1.54) is 0 Å². The highest BCUT2D eigenvalue weighted by molar-refractivity contribution is 5.93. The summed E-state index contributed by atoms with van der Waals surface area (Å²) in [6.45, 7) is 4.67. The van der Waals surface area contributed by atoms with Gasteiger partial charge in [-0.1, -0.05) is 48.5 Å². The summed E-state index contributed by atoms with van der Waals surface area (Å²) in [4.78, 5) is 16.1. The minimum atomic E-state index is -0.00347. The monoisotopic (exact) mass is 282 g/mol. The lowest BCUT2D eigenvalue weighted by Crippen LogP contribution is -2.39. The molecule has 0 saturated heterocycles. The van der Waals surface area contributed by atoms with E-state index in [0.29, 0.717) is 6.54 Å². The number of carbonyl (C=O) groups is 1. The smallest absolute Gasteiger partial charge is 0.323 e. The molecule has 0 aliphatic rings. The van der Waals surface area contributed by atoms with E-state index in [1.54, 1.807) is 9.80 Å². The zero-order chi connectivity index (χ0) is 15.4. The molecule has 0 aliphatic carbocycles. The molecule has 0 atom stereocenters. The van der Waals surface area contributed by atoms with Crippen molar-refractivity contribution in [1.29, 1.82) is 0 Å². The molecule has 0 saturated carbocycles. The van der Waals surface area contributed by atoms with Gasteiger partial charge in [0.2, 0.25) is 0 Å². The summed E-state index contributed by atoms with van der Waals surface area (Å²) in [5, 5.41) is 0. The van der Waals surface area contributed by atoms with Crippen molar-refractivity contribution in [1.82, 2.24) is 4.90 Å². The minimum Gasteiger partial charge on any atom is -0.323 e. The second-order valence-corrected chi connectivity index (χ2v) is 5.42. The Morgan fingerprint density at radius 2 is 1.48 bits per heavy atom. The predicted octanol–water partition coefficient (Wildman–Crippen LogP) is 3.99. The number of para-hydroxylation sites is 1. The molecule has 3 heteroatoms. The van der Waals surface area contributed by atoms with Crippen molar-refractivity contribution >= 4 is 11.7 Å². The number of hydrogen-bond donors (Lipinski definition) is 0. The Bertz CT molecular complexity index is 602. The molecule has 0 unspecified atom stereocenters. The molecule has 2 amide bonds. The summed E-state index contributed by atoms with van der Waals surface area (Å²) in [7, 11) is 3.67. The molecule has 0 spiro atoms. The molecule has 21 heavy (non-hydrogen) atoms. The van der Waals surface area contributed by atoms with Crippen LogP contribution in [0.15, 0.2) is 48.5 Å². The van der Waals surface area contributed by atoms with Gasteiger partial charge >= 0.3 is 6.03 Å². The number of nitrogens with zero attached hydrogens (tertiary/aromatic N) is 2. The zero-order valence-corrected chi connectivity index (χ0v) is 13.1. The third-order valence-corrected chi connectivity index (χ3v) is 3.65. The number of amides is 2. The lowest BCUT2D eigenvalue weighted by atomic mass is 10.1. The van der Waals surface area contributed by atoms with E-state index < -0.39 is 0 Å². The molecule has 3 nitrogen and oxygen atoms in total. The van der Waals surface area contributed by atoms with Crippen molar-refractivity contribution < 1.29 is 4.79 Å². The highest BCUT2D eigenvalue weighted by Crippen LogP contribution is 2.24. The van der Waals surface area contributed by atoms with Gasteiger partial charge in [-0.25, -0.2) is 4.79 Å². The average Bonchev–Trinajstić information content (AvgIpc) is 2.47. The van der Waals surface area contributed by atoms with Crippen LogP contribution in [-0.4, -0.2) is 25.0 Å². The molecule has 110 valence electrons. The summed E-state index contributed by atoms with van der Waals surface area (Å²) < 4.78 is 0. The van der Waals surface area contributed by atoms with Gasteiger partial charge in [0.1, 0.15) is 0 Å². The topological polar surface area (TPSA) is 23.6 Å². The van der Waals surface area contributed by atoms with Crippen LogP contribution in [0.4, 0.5) is 10.5 Å². The number of carbonyl (C=O) groups excluding carboxylic acids is 1. The highest BCUT2D eigenvalue weighted by atomic mass is 16.2. The molecule has 2 aromatic rings. The highest BCUT2D eigenvalue weighted by Gasteiger charge is 2.18. The SMILES string of the molecule is Cc1cccc(C)c1N(C)C(=O)N(C)Cc1ccccc1. The van der Waals surface area contributed by atoms with Crippen LogP contribution < -0.4 is 4.90 Å². The minimum absolute atomic E-state index is 0.00347. The average molecular weight is 282 g/mol. The van der Waals surface area contributed by atoms with Crippen LogP contribution >= 0.6 is 0 Å². The standard InChI is InChI=1S/C18H22N2O/c1-14-9-8-10-15(2)17(14)20(4)18(21)19(3)13-16-11-6-5-7-12-16/h5-12H,13H2,1-4H3. The van der Waals surface area contributed by atoms with Crippen LogP contribution in [0.25, 0.3) is 0 Å².